The third kappa shape index (κ3) is 2.79. The number of sulfonamides is 1. The molecule has 7 heteroatoms. The first kappa shape index (κ1) is 13.4. The molecule has 3 rings (SSSR count). The number of ether oxygens (including phenoxy) is 2. The van der Waals surface area contributed by atoms with Crippen molar-refractivity contribution in [3.63, 3.8) is 0 Å². The highest BCUT2D eigenvalue weighted by Gasteiger charge is 2.20. The Morgan fingerprint density at radius 2 is 2.10 bits per heavy atom. The van der Waals surface area contributed by atoms with Crippen LogP contribution in [0.4, 0.5) is 0 Å². The molecule has 1 aromatic carbocycles. The Kier molecular flexibility index (Phi) is 3.64. The number of nitrogens with one attached hydrogen (secondary N) is 2. The molecule has 0 spiro atoms. The minimum atomic E-state index is -3.53. The molecule has 0 fully saturated rings. The first-order valence-corrected chi connectivity index (χ1v) is 7.91. The number of benzene rings is 1. The van der Waals surface area contributed by atoms with E-state index in [-0.39, 0.29) is 11.7 Å². The molecule has 108 valence electrons. The molecule has 0 saturated carbocycles. The fourth-order valence-electron chi connectivity index (χ4n) is 2.15. The van der Waals surface area contributed by atoms with Gasteiger partial charge in [0.25, 0.3) is 0 Å². The Bertz CT molecular complexity index is 640. The van der Waals surface area contributed by atoms with Gasteiger partial charge in [-0.05, 0) is 25.1 Å². The predicted molar refractivity (Wildman–Crippen MR) is 73.3 cm³/mol. The molecule has 2 heterocycles. The number of hydrogen-bond acceptors (Lipinski definition) is 5. The number of rotatable bonds is 4. The van der Waals surface area contributed by atoms with Crippen LogP contribution in [0, 0.1) is 0 Å². The molecule has 1 aromatic rings. The Labute approximate surface area is 117 Å². The Morgan fingerprint density at radius 3 is 2.90 bits per heavy atom. The molecule has 0 radical (unpaired) electrons. The van der Waals surface area contributed by atoms with E-state index in [2.05, 4.69) is 10.0 Å². The van der Waals surface area contributed by atoms with E-state index in [1.165, 1.54) is 12.1 Å². The second-order valence-corrected chi connectivity index (χ2v) is 6.42. The van der Waals surface area contributed by atoms with Gasteiger partial charge >= 0.3 is 0 Å². The van der Waals surface area contributed by atoms with Gasteiger partial charge in [-0.3, -0.25) is 0 Å². The van der Waals surface area contributed by atoms with Crippen LogP contribution in [0.5, 0.6) is 11.5 Å². The van der Waals surface area contributed by atoms with Crippen molar-refractivity contribution in [2.45, 2.75) is 11.3 Å². The predicted octanol–water partition coefficient (Wildman–Crippen LogP) is 0.613. The van der Waals surface area contributed by atoms with Crippen molar-refractivity contribution in [2.75, 3.05) is 26.4 Å². The maximum Gasteiger partial charge on any atom is 0.240 e. The lowest BCUT2D eigenvalue weighted by atomic mass is 10.1. The van der Waals surface area contributed by atoms with Gasteiger partial charge in [0.2, 0.25) is 16.8 Å². The van der Waals surface area contributed by atoms with E-state index in [1.54, 1.807) is 6.07 Å². The summed E-state index contributed by atoms with van der Waals surface area (Å²) in [6.07, 6.45) is 2.88. The molecule has 20 heavy (non-hydrogen) atoms. The van der Waals surface area contributed by atoms with Crippen molar-refractivity contribution in [1.82, 2.24) is 10.0 Å². The van der Waals surface area contributed by atoms with Gasteiger partial charge in [-0.2, -0.15) is 0 Å². The monoisotopic (exact) mass is 296 g/mol. The second-order valence-electron chi connectivity index (χ2n) is 4.66. The first-order chi connectivity index (χ1) is 9.65. The van der Waals surface area contributed by atoms with Crippen LogP contribution in [0.25, 0.3) is 0 Å². The molecule has 0 atom stereocenters. The maximum absolute atomic E-state index is 12.2. The van der Waals surface area contributed by atoms with Gasteiger partial charge in [0.05, 0.1) is 4.90 Å². The first-order valence-electron chi connectivity index (χ1n) is 6.43. The lowest BCUT2D eigenvalue weighted by Crippen LogP contribution is -2.29. The summed E-state index contributed by atoms with van der Waals surface area (Å²) in [5.41, 5.74) is 1.10. The molecule has 0 unspecified atom stereocenters. The average molecular weight is 296 g/mol. The molecule has 0 saturated heterocycles. The van der Waals surface area contributed by atoms with Crippen LogP contribution in [0.1, 0.15) is 6.42 Å². The van der Waals surface area contributed by atoms with Crippen LogP contribution in [0.15, 0.2) is 34.7 Å². The van der Waals surface area contributed by atoms with E-state index in [0.29, 0.717) is 18.0 Å². The van der Waals surface area contributed by atoms with Crippen molar-refractivity contribution in [3.05, 3.63) is 29.8 Å². The van der Waals surface area contributed by atoms with E-state index in [0.717, 1.165) is 25.1 Å². The van der Waals surface area contributed by atoms with Crippen molar-refractivity contribution in [3.8, 4) is 11.5 Å². The van der Waals surface area contributed by atoms with Gasteiger partial charge < -0.3 is 14.8 Å². The van der Waals surface area contributed by atoms with E-state index in [1.807, 2.05) is 6.08 Å². The summed E-state index contributed by atoms with van der Waals surface area (Å²) < 4.78 is 37.4. The minimum Gasteiger partial charge on any atom is -0.454 e. The fourth-order valence-corrected chi connectivity index (χ4v) is 3.20. The third-order valence-electron chi connectivity index (χ3n) is 3.30. The highest BCUT2D eigenvalue weighted by atomic mass is 32.2. The van der Waals surface area contributed by atoms with E-state index < -0.39 is 10.0 Å². The zero-order chi connectivity index (χ0) is 14.0. The topological polar surface area (TPSA) is 76.7 Å². The summed E-state index contributed by atoms with van der Waals surface area (Å²) in [4.78, 5) is 0.191. The summed E-state index contributed by atoms with van der Waals surface area (Å²) in [7, 11) is -3.53. The van der Waals surface area contributed by atoms with E-state index >= 15 is 0 Å². The van der Waals surface area contributed by atoms with Gasteiger partial charge in [0, 0.05) is 19.2 Å². The summed E-state index contributed by atoms with van der Waals surface area (Å²) in [6.45, 7) is 2.16. The molecule has 2 N–H and O–H groups in total. The van der Waals surface area contributed by atoms with Gasteiger partial charge in [0.1, 0.15) is 0 Å². The number of fused-ring (bicyclic) bond motifs is 1. The van der Waals surface area contributed by atoms with E-state index in [9.17, 15) is 8.42 Å². The normalized spacial score (nSPS) is 17.9. The molecular weight excluding hydrogens is 280 g/mol. The van der Waals surface area contributed by atoms with Crippen molar-refractivity contribution in [1.29, 1.82) is 0 Å². The lowest BCUT2D eigenvalue weighted by molar-refractivity contribution is 0.174. The lowest BCUT2D eigenvalue weighted by Gasteiger charge is -2.14. The van der Waals surface area contributed by atoms with Crippen LogP contribution >= 0.6 is 0 Å². The SMILES string of the molecule is O=S(=O)(NCC1=CCNCC1)c1ccc2c(c1)OCO2. The molecule has 0 bridgehead atoms. The third-order valence-corrected chi connectivity index (χ3v) is 4.70. The highest BCUT2D eigenvalue weighted by Crippen LogP contribution is 2.33. The summed E-state index contributed by atoms with van der Waals surface area (Å²) >= 11 is 0. The average Bonchev–Trinajstić information content (AvgIpc) is 2.94. The zero-order valence-corrected chi connectivity index (χ0v) is 11.7. The Balaban J connectivity index is 1.73. The fraction of sp³-hybridized carbons (Fsp3) is 0.385. The van der Waals surface area contributed by atoms with Crippen LogP contribution in [-0.4, -0.2) is 34.8 Å². The Hall–Kier alpha value is -1.57. The van der Waals surface area contributed by atoms with E-state index in [4.69, 9.17) is 9.47 Å². The molecule has 2 aliphatic rings. The second kappa shape index (κ2) is 5.43. The molecular formula is C13H16N2O4S. The largest absolute Gasteiger partial charge is 0.454 e. The van der Waals surface area contributed by atoms with Crippen LogP contribution in [0.3, 0.4) is 0 Å². The molecule has 6 nitrogen and oxygen atoms in total. The smallest absolute Gasteiger partial charge is 0.240 e. The molecule has 0 aliphatic carbocycles. The van der Waals surface area contributed by atoms with Gasteiger partial charge in [-0.15, -0.1) is 0 Å². The molecule has 0 aromatic heterocycles. The van der Waals surface area contributed by atoms with Crippen molar-refractivity contribution < 1.29 is 17.9 Å². The zero-order valence-electron chi connectivity index (χ0n) is 10.9. The van der Waals surface area contributed by atoms with Crippen molar-refractivity contribution in [2.24, 2.45) is 0 Å². The number of hydrogen-bond donors (Lipinski definition) is 2. The van der Waals surface area contributed by atoms with Gasteiger partial charge in [-0.1, -0.05) is 11.6 Å². The highest BCUT2D eigenvalue weighted by molar-refractivity contribution is 7.89. The van der Waals surface area contributed by atoms with Crippen molar-refractivity contribution >= 4 is 10.0 Å². The molecule has 2 aliphatic heterocycles. The van der Waals surface area contributed by atoms with Gasteiger partial charge in [0.15, 0.2) is 11.5 Å². The maximum atomic E-state index is 12.2. The standard InChI is InChI=1S/C13H16N2O4S/c16-20(17,15-8-10-3-5-14-6-4-10)11-1-2-12-13(7-11)19-9-18-12/h1-3,7,14-15H,4-6,8-9H2. The van der Waals surface area contributed by atoms with Crippen LogP contribution in [0.2, 0.25) is 0 Å². The Morgan fingerprint density at radius 1 is 1.25 bits per heavy atom. The quantitative estimate of drug-likeness (QED) is 0.796. The van der Waals surface area contributed by atoms with Gasteiger partial charge in [-0.25, -0.2) is 13.1 Å². The summed E-state index contributed by atoms with van der Waals surface area (Å²) in [5, 5.41) is 3.19. The molecule has 0 amide bonds. The van der Waals surface area contributed by atoms with Crippen LogP contribution in [-0.2, 0) is 10.0 Å². The summed E-state index contributed by atoms with van der Waals surface area (Å²) in [5.74, 6) is 1.04. The summed E-state index contributed by atoms with van der Waals surface area (Å²) in [6, 6.07) is 4.62. The minimum absolute atomic E-state index is 0.131. The van der Waals surface area contributed by atoms with Crippen LogP contribution < -0.4 is 19.5 Å².